The maximum atomic E-state index is 13.0. The predicted molar refractivity (Wildman–Crippen MR) is 107 cm³/mol. The smallest absolute Gasteiger partial charge is 0.416 e. The summed E-state index contributed by atoms with van der Waals surface area (Å²) in [5, 5.41) is 2.18. The van der Waals surface area contributed by atoms with Crippen molar-refractivity contribution in [2.24, 2.45) is 0 Å². The summed E-state index contributed by atoms with van der Waals surface area (Å²) in [6.45, 7) is 0.818. The van der Waals surface area contributed by atoms with Gasteiger partial charge in [-0.25, -0.2) is 8.42 Å². The summed E-state index contributed by atoms with van der Waals surface area (Å²) < 4.78 is 76.2. The average molecular weight is 479 g/mol. The number of rotatable bonds is 5. The van der Waals surface area contributed by atoms with Gasteiger partial charge in [0.15, 0.2) is 0 Å². The fourth-order valence-electron chi connectivity index (χ4n) is 2.95. The van der Waals surface area contributed by atoms with Crippen molar-refractivity contribution in [3.05, 3.63) is 52.5 Å². The summed E-state index contributed by atoms with van der Waals surface area (Å²) in [5.74, 6) is -0.835. The van der Waals surface area contributed by atoms with E-state index in [0.717, 1.165) is 18.2 Å². The predicted octanol–water partition coefficient (Wildman–Crippen LogP) is 3.64. The number of morpholine rings is 1. The second-order valence-electron chi connectivity index (χ2n) is 6.53. The van der Waals surface area contributed by atoms with Crippen molar-refractivity contribution in [2.45, 2.75) is 11.1 Å². The topological polar surface area (TPSA) is 84.9 Å². The molecule has 0 spiro atoms. The Morgan fingerprint density at radius 3 is 2.45 bits per heavy atom. The number of carbonyl (C=O) groups is 1. The molecule has 0 unspecified atom stereocenters. The van der Waals surface area contributed by atoms with Gasteiger partial charge in [-0.05, 0) is 36.4 Å². The minimum atomic E-state index is -4.63. The SMILES string of the molecule is COc1ccc(S(=O)(=O)N2CCOCC2)cc1C(=O)Nc1cc(C(F)(F)F)ccc1Cl. The zero-order valence-corrected chi connectivity index (χ0v) is 17.8. The largest absolute Gasteiger partial charge is 0.496 e. The monoisotopic (exact) mass is 478 g/mol. The Bertz CT molecular complexity index is 1090. The van der Waals surface area contributed by atoms with Crippen LogP contribution < -0.4 is 10.1 Å². The summed E-state index contributed by atoms with van der Waals surface area (Å²) in [4.78, 5) is 12.6. The normalized spacial score (nSPS) is 15.5. The van der Waals surface area contributed by atoms with Crippen LogP contribution in [0.4, 0.5) is 18.9 Å². The van der Waals surface area contributed by atoms with E-state index in [1.807, 2.05) is 0 Å². The number of anilines is 1. The Hall–Kier alpha value is -2.34. The first-order valence-corrected chi connectivity index (χ1v) is 10.8. The van der Waals surface area contributed by atoms with E-state index in [-0.39, 0.29) is 53.2 Å². The summed E-state index contributed by atoms with van der Waals surface area (Å²) in [6, 6.07) is 6.19. The van der Waals surface area contributed by atoms with Gasteiger partial charge in [-0.3, -0.25) is 4.79 Å². The van der Waals surface area contributed by atoms with Crippen molar-refractivity contribution in [1.82, 2.24) is 4.31 Å². The van der Waals surface area contributed by atoms with Crippen molar-refractivity contribution in [3.63, 3.8) is 0 Å². The molecule has 31 heavy (non-hydrogen) atoms. The third-order valence-electron chi connectivity index (χ3n) is 4.57. The molecule has 2 aromatic rings. The summed E-state index contributed by atoms with van der Waals surface area (Å²) in [5.41, 5.74) is -1.45. The number of halogens is 4. The van der Waals surface area contributed by atoms with Crippen molar-refractivity contribution in [3.8, 4) is 5.75 Å². The van der Waals surface area contributed by atoms with E-state index in [0.29, 0.717) is 6.07 Å². The first-order chi connectivity index (χ1) is 14.5. The zero-order chi connectivity index (χ0) is 22.8. The molecule has 1 N–H and O–H groups in total. The van der Waals surface area contributed by atoms with E-state index in [4.69, 9.17) is 21.1 Å². The number of alkyl halides is 3. The lowest BCUT2D eigenvalue weighted by Gasteiger charge is -2.26. The van der Waals surface area contributed by atoms with Crippen molar-refractivity contribution < 1.29 is 35.9 Å². The maximum absolute atomic E-state index is 13.0. The van der Waals surface area contributed by atoms with Crippen LogP contribution in [-0.4, -0.2) is 52.0 Å². The molecule has 0 aliphatic carbocycles. The number of sulfonamides is 1. The molecule has 1 amide bonds. The number of nitrogens with one attached hydrogen (secondary N) is 1. The van der Waals surface area contributed by atoms with Gasteiger partial charge < -0.3 is 14.8 Å². The fraction of sp³-hybridized carbons (Fsp3) is 0.316. The Kier molecular flexibility index (Phi) is 6.79. The molecule has 1 aliphatic heterocycles. The highest BCUT2D eigenvalue weighted by atomic mass is 35.5. The number of methoxy groups -OCH3 is 1. The Morgan fingerprint density at radius 1 is 1.16 bits per heavy atom. The lowest BCUT2D eigenvalue weighted by molar-refractivity contribution is -0.137. The van der Waals surface area contributed by atoms with E-state index >= 15 is 0 Å². The number of hydrogen-bond acceptors (Lipinski definition) is 5. The molecule has 2 aromatic carbocycles. The quantitative estimate of drug-likeness (QED) is 0.709. The van der Waals surface area contributed by atoms with E-state index in [1.54, 1.807) is 0 Å². The molecule has 168 valence electrons. The lowest BCUT2D eigenvalue weighted by Crippen LogP contribution is -2.40. The number of amides is 1. The van der Waals surface area contributed by atoms with Crippen LogP contribution in [0.2, 0.25) is 5.02 Å². The van der Waals surface area contributed by atoms with Crippen LogP contribution in [0.15, 0.2) is 41.3 Å². The average Bonchev–Trinajstić information content (AvgIpc) is 2.74. The van der Waals surface area contributed by atoms with Gasteiger partial charge in [-0.2, -0.15) is 17.5 Å². The van der Waals surface area contributed by atoms with Crippen LogP contribution in [-0.2, 0) is 20.9 Å². The summed E-state index contributed by atoms with van der Waals surface area (Å²) >= 11 is 5.93. The molecular weight excluding hydrogens is 461 g/mol. The molecule has 0 aromatic heterocycles. The number of ether oxygens (including phenoxy) is 2. The van der Waals surface area contributed by atoms with Crippen LogP contribution in [0.3, 0.4) is 0 Å². The number of carbonyl (C=O) groups excluding carboxylic acids is 1. The van der Waals surface area contributed by atoms with Gasteiger partial charge in [0.05, 0.1) is 47.1 Å². The van der Waals surface area contributed by atoms with Crippen LogP contribution in [0.5, 0.6) is 5.75 Å². The molecule has 1 saturated heterocycles. The molecule has 12 heteroatoms. The van der Waals surface area contributed by atoms with Crippen LogP contribution >= 0.6 is 11.6 Å². The van der Waals surface area contributed by atoms with E-state index in [2.05, 4.69) is 5.32 Å². The van der Waals surface area contributed by atoms with Gasteiger partial charge in [0.2, 0.25) is 10.0 Å². The fourth-order valence-corrected chi connectivity index (χ4v) is 4.55. The minimum absolute atomic E-state index is 0.0431. The van der Waals surface area contributed by atoms with Gasteiger partial charge in [0.1, 0.15) is 5.75 Å². The van der Waals surface area contributed by atoms with Gasteiger partial charge >= 0.3 is 6.18 Å². The molecule has 3 rings (SSSR count). The van der Waals surface area contributed by atoms with Gasteiger partial charge in [0.25, 0.3) is 5.91 Å². The van der Waals surface area contributed by atoms with Crippen molar-refractivity contribution in [1.29, 1.82) is 0 Å². The third kappa shape index (κ3) is 5.12. The first-order valence-electron chi connectivity index (χ1n) is 8.98. The standard InChI is InChI=1S/C19H18ClF3N2O5S/c1-29-17-5-3-13(31(27,28)25-6-8-30-9-7-25)11-14(17)18(26)24-16-10-12(19(21,22)23)2-4-15(16)20/h2-5,10-11H,6-9H2,1H3,(H,24,26). The second-order valence-corrected chi connectivity index (χ2v) is 8.87. The first kappa shape index (κ1) is 23.3. The molecular formula is C19H18ClF3N2O5S. The summed E-state index contributed by atoms with van der Waals surface area (Å²) in [6.07, 6.45) is -4.63. The van der Waals surface area contributed by atoms with Crippen LogP contribution in [0.25, 0.3) is 0 Å². The van der Waals surface area contributed by atoms with E-state index in [1.165, 1.54) is 23.5 Å². The van der Waals surface area contributed by atoms with Gasteiger partial charge in [-0.1, -0.05) is 11.6 Å². The third-order valence-corrected chi connectivity index (χ3v) is 6.79. The van der Waals surface area contributed by atoms with E-state index < -0.39 is 27.7 Å². The molecule has 0 bridgehead atoms. The van der Waals surface area contributed by atoms with Gasteiger partial charge in [-0.15, -0.1) is 0 Å². The Morgan fingerprint density at radius 2 is 1.84 bits per heavy atom. The molecule has 0 atom stereocenters. The number of benzene rings is 2. The number of nitrogens with zero attached hydrogens (tertiary/aromatic N) is 1. The highest BCUT2D eigenvalue weighted by Crippen LogP contribution is 2.34. The minimum Gasteiger partial charge on any atom is -0.496 e. The highest BCUT2D eigenvalue weighted by molar-refractivity contribution is 7.89. The van der Waals surface area contributed by atoms with Crippen molar-refractivity contribution in [2.75, 3.05) is 38.7 Å². The van der Waals surface area contributed by atoms with Crippen LogP contribution in [0, 0.1) is 0 Å². The maximum Gasteiger partial charge on any atom is 0.416 e. The Balaban J connectivity index is 1.95. The summed E-state index contributed by atoms with van der Waals surface area (Å²) in [7, 11) is -2.63. The molecule has 0 saturated carbocycles. The molecule has 7 nitrogen and oxygen atoms in total. The van der Waals surface area contributed by atoms with Crippen LogP contribution in [0.1, 0.15) is 15.9 Å². The highest BCUT2D eigenvalue weighted by Gasteiger charge is 2.32. The lowest BCUT2D eigenvalue weighted by atomic mass is 10.1. The molecule has 0 radical (unpaired) electrons. The zero-order valence-electron chi connectivity index (χ0n) is 16.2. The van der Waals surface area contributed by atoms with Crippen molar-refractivity contribution >= 4 is 33.2 Å². The molecule has 1 aliphatic rings. The Labute approximate surface area is 181 Å². The number of hydrogen-bond donors (Lipinski definition) is 1. The molecule has 1 heterocycles. The molecule has 1 fully saturated rings. The second kappa shape index (κ2) is 9.03. The van der Waals surface area contributed by atoms with Gasteiger partial charge in [0, 0.05) is 13.1 Å². The van der Waals surface area contributed by atoms with E-state index in [9.17, 15) is 26.4 Å².